The first kappa shape index (κ1) is 17.8. The molecule has 1 atom stereocenters. The van der Waals surface area contributed by atoms with Gasteiger partial charge in [0, 0.05) is 31.6 Å². The SMILES string of the molecule is O=C(NC[C@H]1CCCO1)c1cc(S(=O)(=O)N2CCCCCC2)cs1. The molecule has 3 rings (SSSR count). The third-order valence-electron chi connectivity index (χ3n) is 4.52. The highest BCUT2D eigenvalue weighted by molar-refractivity contribution is 7.89. The standard InChI is InChI=1S/C16H24N2O4S2/c19-16(17-11-13-6-5-9-22-13)15-10-14(12-23-15)24(20,21)18-7-3-1-2-4-8-18/h10,12-13H,1-9,11H2,(H,17,19)/t13-/m1/s1. The van der Waals surface area contributed by atoms with Crippen LogP contribution in [0.1, 0.15) is 48.2 Å². The smallest absolute Gasteiger partial charge is 0.261 e. The molecule has 134 valence electrons. The van der Waals surface area contributed by atoms with Crippen LogP contribution >= 0.6 is 11.3 Å². The molecule has 8 heteroatoms. The van der Waals surface area contributed by atoms with Crippen molar-refractivity contribution in [3.05, 3.63) is 16.3 Å². The molecule has 3 heterocycles. The Kier molecular flexibility index (Phi) is 5.91. The van der Waals surface area contributed by atoms with Gasteiger partial charge in [-0.25, -0.2) is 8.42 Å². The number of ether oxygens (including phenoxy) is 1. The Balaban J connectivity index is 1.63. The summed E-state index contributed by atoms with van der Waals surface area (Å²) in [5, 5.41) is 4.40. The number of sulfonamides is 1. The molecular weight excluding hydrogens is 348 g/mol. The number of rotatable bonds is 5. The van der Waals surface area contributed by atoms with Crippen LogP contribution in [0.2, 0.25) is 0 Å². The van der Waals surface area contributed by atoms with Crippen molar-refractivity contribution in [2.45, 2.75) is 49.5 Å². The summed E-state index contributed by atoms with van der Waals surface area (Å²) in [6.45, 7) is 2.36. The Morgan fingerprint density at radius 1 is 1.25 bits per heavy atom. The van der Waals surface area contributed by atoms with Gasteiger partial charge in [0.15, 0.2) is 0 Å². The maximum absolute atomic E-state index is 12.7. The minimum atomic E-state index is -3.49. The summed E-state index contributed by atoms with van der Waals surface area (Å²) in [5.74, 6) is -0.229. The zero-order valence-electron chi connectivity index (χ0n) is 13.7. The van der Waals surface area contributed by atoms with E-state index in [-0.39, 0.29) is 16.9 Å². The number of carbonyl (C=O) groups is 1. The molecule has 2 aliphatic rings. The van der Waals surface area contributed by atoms with E-state index in [1.54, 1.807) is 9.69 Å². The fourth-order valence-corrected chi connectivity index (χ4v) is 5.80. The number of amides is 1. The highest BCUT2D eigenvalue weighted by atomic mass is 32.2. The molecule has 0 saturated carbocycles. The van der Waals surface area contributed by atoms with Crippen LogP contribution in [0.4, 0.5) is 0 Å². The Morgan fingerprint density at radius 2 is 2.00 bits per heavy atom. The first-order valence-corrected chi connectivity index (χ1v) is 10.9. The molecule has 0 aliphatic carbocycles. The van der Waals surface area contributed by atoms with Gasteiger partial charge < -0.3 is 10.1 Å². The van der Waals surface area contributed by atoms with Crippen molar-refractivity contribution in [2.75, 3.05) is 26.2 Å². The summed E-state index contributed by atoms with van der Waals surface area (Å²) in [6.07, 6.45) is 6.01. The third-order valence-corrected chi connectivity index (χ3v) is 7.47. The van der Waals surface area contributed by atoms with Crippen molar-refractivity contribution < 1.29 is 17.9 Å². The van der Waals surface area contributed by atoms with Crippen LogP contribution in [-0.4, -0.2) is 51.0 Å². The van der Waals surface area contributed by atoms with Crippen molar-refractivity contribution in [3.63, 3.8) is 0 Å². The number of carbonyl (C=O) groups excluding carboxylic acids is 1. The van der Waals surface area contributed by atoms with E-state index in [0.29, 0.717) is 24.5 Å². The molecule has 1 aromatic rings. The molecule has 1 N–H and O–H groups in total. The molecule has 1 aromatic heterocycles. The molecule has 2 fully saturated rings. The third kappa shape index (κ3) is 4.17. The minimum absolute atomic E-state index is 0.0780. The fraction of sp³-hybridized carbons (Fsp3) is 0.688. The van der Waals surface area contributed by atoms with Gasteiger partial charge in [0.2, 0.25) is 10.0 Å². The Morgan fingerprint density at radius 3 is 2.67 bits per heavy atom. The second-order valence-electron chi connectivity index (χ2n) is 6.31. The molecule has 24 heavy (non-hydrogen) atoms. The Hall–Kier alpha value is -0.960. The van der Waals surface area contributed by atoms with Crippen molar-refractivity contribution >= 4 is 27.3 Å². The molecule has 0 aromatic carbocycles. The van der Waals surface area contributed by atoms with Gasteiger partial charge >= 0.3 is 0 Å². The van der Waals surface area contributed by atoms with Gasteiger partial charge in [0.25, 0.3) is 5.91 Å². The molecule has 0 bridgehead atoms. The van der Waals surface area contributed by atoms with Crippen LogP contribution in [0, 0.1) is 0 Å². The summed E-state index contributed by atoms with van der Waals surface area (Å²) in [5.41, 5.74) is 0. The fourth-order valence-electron chi connectivity index (χ4n) is 3.10. The van der Waals surface area contributed by atoms with Crippen LogP contribution in [0.3, 0.4) is 0 Å². The highest BCUT2D eigenvalue weighted by Crippen LogP contribution is 2.25. The van der Waals surface area contributed by atoms with Gasteiger partial charge in [-0.3, -0.25) is 4.79 Å². The number of nitrogens with one attached hydrogen (secondary N) is 1. The summed E-state index contributed by atoms with van der Waals surface area (Å²) in [7, 11) is -3.49. The average molecular weight is 373 g/mol. The van der Waals surface area contributed by atoms with Crippen LogP contribution in [0.5, 0.6) is 0 Å². The zero-order valence-corrected chi connectivity index (χ0v) is 15.3. The van der Waals surface area contributed by atoms with Gasteiger partial charge in [0.05, 0.1) is 15.9 Å². The predicted molar refractivity (Wildman–Crippen MR) is 92.9 cm³/mol. The first-order chi connectivity index (χ1) is 11.6. The van der Waals surface area contributed by atoms with Gasteiger partial charge in [-0.15, -0.1) is 11.3 Å². The van der Waals surface area contributed by atoms with E-state index in [1.807, 2.05) is 0 Å². The van der Waals surface area contributed by atoms with Crippen molar-refractivity contribution in [1.29, 1.82) is 0 Å². The lowest BCUT2D eigenvalue weighted by molar-refractivity contribution is 0.0861. The van der Waals surface area contributed by atoms with Crippen LogP contribution in [0.25, 0.3) is 0 Å². The number of nitrogens with zero attached hydrogens (tertiary/aromatic N) is 1. The van der Waals surface area contributed by atoms with E-state index in [4.69, 9.17) is 4.74 Å². The number of hydrogen-bond acceptors (Lipinski definition) is 5. The molecule has 6 nitrogen and oxygen atoms in total. The molecule has 2 aliphatic heterocycles. The second-order valence-corrected chi connectivity index (χ2v) is 9.16. The van der Waals surface area contributed by atoms with Gasteiger partial charge in [-0.1, -0.05) is 12.8 Å². The van der Waals surface area contributed by atoms with Crippen molar-refractivity contribution in [2.24, 2.45) is 0 Å². The topological polar surface area (TPSA) is 75.7 Å². The maximum Gasteiger partial charge on any atom is 0.261 e. The Labute approximate surface area is 147 Å². The lowest BCUT2D eigenvalue weighted by atomic mass is 10.2. The lowest BCUT2D eigenvalue weighted by Crippen LogP contribution is -2.32. The van der Waals surface area contributed by atoms with Gasteiger partial charge in [-0.2, -0.15) is 4.31 Å². The minimum Gasteiger partial charge on any atom is -0.376 e. The first-order valence-electron chi connectivity index (χ1n) is 8.56. The summed E-state index contributed by atoms with van der Waals surface area (Å²) < 4.78 is 32.5. The number of thiophene rings is 1. The summed E-state index contributed by atoms with van der Waals surface area (Å²) in [6, 6.07) is 1.50. The van der Waals surface area contributed by atoms with Crippen LogP contribution < -0.4 is 5.32 Å². The maximum atomic E-state index is 12.7. The molecular formula is C16H24N2O4S2. The van der Waals surface area contributed by atoms with Gasteiger partial charge in [0.1, 0.15) is 0 Å². The predicted octanol–water partition coefficient (Wildman–Crippen LogP) is 2.22. The molecule has 2 saturated heterocycles. The zero-order chi connectivity index (χ0) is 17.0. The van der Waals surface area contributed by atoms with E-state index in [2.05, 4.69) is 5.32 Å². The quantitative estimate of drug-likeness (QED) is 0.860. The molecule has 0 radical (unpaired) electrons. The lowest BCUT2D eigenvalue weighted by Gasteiger charge is -2.18. The van der Waals surface area contributed by atoms with E-state index in [1.165, 1.54) is 17.4 Å². The average Bonchev–Trinajstić information content (AvgIpc) is 3.19. The van der Waals surface area contributed by atoms with Crippen LogP contribution in [-0.2, 0) is 14.8 Å². The molecule has 1 amide bonds. The normalized spacial score (nSPS) is 23.1. The second kappa shape index (κ2) is 7.95. The van der Waals surface area contributed by atoms with E-state index in [9.17, 15) is 13.2 Å². The van der Waals surface area contributed by atoms with Crippen molar-refractivity contribution in [3.8, 4) is 0 Å². The van der Waals surface area contributed by atoms with Crippen molar-refractivity contribution in [1.82, 2.24) is 9.62 Å². The molecule has 0 unspecified atom stereocenters. The summed E-state index contributed by atoms with van der Waals surface area (Å²) in [4.78, 5) is 12.9. The number of hydrogen-bond donors (Lipinski definition) is 1. The summed E-state index contributed by atoms with van der Waals surface area (Å²) >= 11 is 1.18. The monoisotopic (exact) mass is 372 g/mol. The highest BCUT2D eigenvalue weighted by Gasteiger charge is 2.27. The van der Waals surface area contributed by atoms with E-state index in [0.717, 1.165) is 45.1 Å². The Bertz CT molecular complexity index is 657. The largest absolute Gasteiger partial charge is 0.376 e. The van der Waals surface area contributed by atoms with Crippen LogP contribution in [0.15, 0.2) is 16.3 Å². The molecule has 0 spiro atoms. The van der Waals surface area contributed by atoms with Gasteiger partial charge in [-0.05, 0) is 31.7 Å². The van der Waals surface area contributed by atoms with E-state index < -0.39 is 10.0 Å². The van der Waals surface area contributed by atoms with E-state index >= 15 is 0 Å².